The summed E-state index contributed by atoms with van der Waals surface area (Å²) in [5.41, 5.74) is 2.57. The Morgan fingerprint density at radius 2 is 1.68 bits per heavy atom. The molecule has 0 atom stereocenters. The lowest BCUT2D eigenvalue weighted by Gasteiger charge is -2.11. The number of rotatable bonds is 6. The van der Waals surface area contributed by atoms with Gasteiger partial charge in [-0.05, 0) is 60.7 Å². The molecule has 31 heavy (non-hydrogen) atoms. The summed E-state index contributed by atoms with van der Waals surface area (Å²) in [6.45, 7) is 3.45. The van der Waals surface area contributed by atoms with Crippen molar-refractivity contribution in [3.05, 3.63) is 91.4 Å². The lowest BCUT2D eigenvalue weighted by molar-refractivity contribution is -0.111. The number of carbonyl (C=O) groups excluding carboxylic acids is 2. The van der Waals surface area contributed by atoms with Crippen molar-refractivity contribution >= 4 is 45.7 Å². The molecule has 0 saturated heterocycles. The third-order valence-electron chi connectivity index (χ3n) is 4.40. The SMILES string of the molecule is C=CC(=O)Nc1ccc2ncnc(Nc3ccc(C(=O)Nc4ccccn4)cc3)c2c1. The lowest BCUT2D eigenvalue weighted by Crippen LogP contribution is -2.12. The molecule has 2 aromatic heterocycles. The van der Waals surface area contributed by atoms with Crippen LogP contribution < -0.4 is 16.0 Å². The van der Waals surface area contributed by atoms with Crippen molar-refractivity contribution in [3.8, 4) is 0 Å². The van der Waals surface area contributed by atoms with Gasteiger partial charge >= 0.3 is 0 Å². The number of hydrogen-bond acceptors (Lipinski definition) is 6. The number of anilines is 4. The van der Waals surface area contributed by atoms with Crippen LogP contribution in [0.1, 0.15) is 10.4 Å². The first-order valence-corrected chi connectivity index (χ1v) is 9.40. The lowest BCUT2D eigenvalue weighted by atomic mass is 10.1. The maximum Gasteiger partial charge on any atom is 0.256 e. The first-order chi connectivity index (χ1) is 15.1. The van der Waals surface area contributed by atoms with Gasteiger partial charge in [-0.2, -0.15) is 0 Å². The monoisotopic (exact) mass is 410 g/mol. The maximum absolute atomic E-state index is 12.4. The summed E-state index contributed by atoms with van der Waals surface area (Å²) in [7, 11) is 0. The van der Waals surface area contributed by atoms with Gasteiger partial charge < -0.3 is 16.0 Å². The smallest absolute Gasteiger partial charge is 0.256 e. The molecule has 2 heterocycles. The first-order valence-electron chi connectivity index (χ1n) is 9.40. The summed E-state index contributed by atoms with van der Waals surface area (Å²) in [4.78, 5) is 36.6. The molecule has 4 aromatic rings. The highest BCUT2D eigenvalue weighted by atomic mass is 16.2. The van der Waals surface area contributed by atoms with Crippen molar-refractivity contribution in [2.24, 2.45) is 0 Å². The number of benzene rings is 2. The molecule has 2 aromatic carbocycles. The van der Waals surface area contributed by atoms with Crippen LogP contribution in [-0.2, 0) is 4.79 Å². The molecular weight excluding hydrogens is 392 g/mol. The van der Waals surface area contributed by atoms with E-state index in [0.29, 0.717) is 22.9 Å². The van der Waals surface area contributed by atoms with Gasteiger partial charge in [0, 0.05) is 28.5 Å². The van der Waals surface area contributed by atoms with Crippen molar-refractivity contribution in [2.45, 2.75) is 0 Å². The number of aromatic nitrogens is 3. The van der Waals surface area contributed by atoms with Crippen molar-refractivity contribution in [2.75, 3.05) is 16.0 Å². The molecule has 8 nitrogen and oxygen atoms in total. The summed E-state index contributed by atoms with van der Waals surface area (Å²) >= 11 is 0. The largest absolute Gasteiger partial charge is 0.340 e. The van der Waals surface area contributed by atoms with Gasteiger partial charge in [0.15, 0.2) is 0 Å². The molecule has 4 rings (SSSR count). The van der Waals surface area contributed by atoms with E-state index in [4.69, 9.17) is 0 Å². The van der Waals surface area contributed by atoms with Crippen LogP contribution in [0.3, 0.4) is 0 Å². The quantitative estimate of drug-likeness (QED) is 0.412. The average Bonchev–Trinajstić information content (AvgIpc) is 2.80. The molecular formula is C23H18N6O2. The molecule has 0 radical (unpaired) electrons. The van der Waals surface area contributed by atoms with Crippen molar-refractivity contribution in [1.29, 1.82) is 0 Å². The zero-order valence-corrected chi connectivity index (χ0v) is 16.4. The number of carbonyl (C=O) groups is 2. The summed E-state index contributed by atoms with van der Waals surface area (Å²) < 4.78 is 0. The summed E-state index contributed by atoms with van der Waals surface area (Å²) in [6, 6.07) is 17.6. The predicted octanol–water partition coefficient (Wildman–Crippen LogP) is 4.15. The second kappa shape index (κ2) is 8.83. The molecule has 0 fully saturated rings. The molecule has 8 heteroatoms. The van der Waals surface area contributed by atoms with E-state index in [1.165, 1.54) is 12.4 Å². The minimum absolute atomic E-state index is 0.250. The van der Waals surface area contributed by atoms with E-state index in [2.05, 4.69) is 37.5 Å². The van der Waals surface area contributed by atoms with E-state index in [0.717, 1.165) is 16.6 Å². The molecule has 0 saturated carbocycles. The minimum atomic E-state index is -0.301. The summed E-state index contributed by atoms with van der Waals surface area (Å²) in [5.74, 6) is 0.512. The normalized spacial score (nSPS) is 10.3. The van der Waals surface area contributed by atoms with E-state index in [1.54, 1.807) is 66.9 Å². The van der Waals surface area contributed by atoms with Gasteiger partial charge in [-0.15, -0.1) is 0 Å². The van der Waals surface area contributed by atoms with Gasteiger partial charge in [0.25, 0.3) is 5.91 Å². The third kappa shape index (κ3) is 4.70. The Morgan fingerprint density at radius 3 is 2.42 bits per heavy atom. The highest BCUT2D eigenvalue weighted by Crippen LogP contribution is 2.26. The van der Waals surface area contributed by atoms with Gasteiger partial charge in [0.05, 0.1) is 5.52 Å². The molecule has 0 spiro atoms. The van der Waals surface area contributed by atoms with Gasteiger partial charge in [-0.3, -0.25) is 9.59 Å². The second-order valence-corrected chi connectivity index (χ2v) is 6.52. The molecule has 0 aliphatic carbocycles. The summed E-state index contributed by atoms with van der Waals surface area (Å²) in [6.07, 6.45) is 4.28. The van der Waals surface area contributed by atoms with Crippen LogP contribution in [0.25, 0.3) is 10.9 Å². The number of nitrogens with zero attached hydrogens (tertiary/aromatic N) is 3. The molecule has 0 unspecified atom stereocenters. The number of hydrogen-bond donors (Lipinski definition) is 3. The van der Waals surface area contributed by atoms with Crippen molar-refractivity contribution in [3.63, 3.8) is 0 Å². The Labute approximate surface area is 178 Å². The fraction of sp³-hybridized carbons (Fsp3) is 0. The van der Waals surface area contributed by atoms with Crippen LogP contribution in [0, 0.1) is 0 Å². The summed E-state index contributed by atoms with van der Waals surface area (Å²) in [5, 5.41) is 9.44. The highest BCUT2D eigenvalue weighted by Gasteiger charge is 2.09. The Morgan fingerprint density at radius 1 is 0.871 bits per heavy atom. The van der Waals surface area contributed by atoms with Crippen LogP contribution in [0.4, 0.5) is 23.0 Å². The van der Waals surface area contributed by atoms with Gasteiger partial charge in [0.2, 0.25) is 5.91 Å². The second-order valence-electron chi connectivity index (χ2n) is 6.52. The number of fused-ring (bicyclic) bond motifs is 1. The van der Waals surface area contributed by atoms with Gasteiger partial charge in [0.1, 0.15) is 18.0 Å². The van der Waals surface area contributed by atoms with Crippen molar-refractivity contribution in [1.82, 2.24) is 15.0 Å². The predicted molar refractivity (Wildman–Crippen MR) is 120 cm³/mol. The fourth-order valence-corrected chi connectivity index (χ4v) is 2.89. The Bertz CT molecular complexity index is 1260. The number of amides is 2. The third-order valence-corrected chi connectivity index (χ3v) is 4.40. The van der Waals surface area contributed by atoms with Crippen LogP contribution >= 0.6 is 0 Å². The maximum atomic E-state index is 12.4. The van der Waals surface area contributed by atoms with E-state index >= 15 is 0 Å². The zero-order valence-electron chi connectivity index (χ0n) is 16.4. The van der Waals surface area contributed by atoms with Crippen LogP contribution in [0.5, 0.6) is 0 Å². The van der Waals surface area contributed by atoms with Gasteiger partial charge in [-0.1, -0.05) is 12.6 Å². The number of pyridine rings is 1. The average molecular weight is 410 g/mol. The standard InChI is InChI=1S/C23H18N6O2/c1-2-21(30)27-17-10-11-19-18(13-17)22(26-14-25-19)28-16-8-6-15(7-9-16)23(31)29-20-5-3-4-12-24-20/h2-14H,1H2,(H,27,30)(H,24,29,31)(H,25,26,28). The van der Waals surface area contributed by atoms with E-state index in [9.17, 15) is 9.59 Å². The van der Waals surface area contributed by atoms with E-state index in [1.807, 2.05) is 0 Å². The van der Waals surface area contributed by atoms with E-state index in [-0.39, 0.29) is 11.8 Å². The van der Waals surface area contributed by atoms with Crippen LogP contribution in [0.2, 0.25) is 0 Å². The van der Waals surface area contributed by atoms with Crippen LogP contribution in [0.15, 0.2) is 85.8 Å². The zero-order chi connectivity index (χ0) is 21.6. The Balaban J connectivity index is 1.53. The first kappa shape index (κ1) is 19.7. The Kier molecular flexibility index (Phi) is 5.62. The van der Waals surface area contributed by atoms with Gasteiger partial charge in [-0.25, -0.2) is 15.0 Å². The number of nitrogens with one attached hydrogen (secondary N) is 3. The fourth-order valence-electron chi connectivity index (χ4n) is 2.89. The van der Waals surface area contributed by atoms with Crippen molar-refractivity contribution < 1.29 is 9.59 Å². The molecule has 0 bridgehead atoms. The molecule has 152 valence electrons. The van der Waals surface area contributed by atoms with Crippen LogP contribution in [-0.4, -0.2) is 26.8 Å². The Hall–Kier alpha value is -4.59. The molecule has 3 N–H and O–H groups in total. The topological polar surface area (TPSA) is 109 Å². The molecule has 0 aliphatic heterocycles. The highest BCUT2D eigenvalue weighted by molar-refractivity contribution is 6.04. The minimum Gasteiger partial charge on any atom is -0.340 e. The molecule has 2 amide bonds. The van der Waals surface area contributed by atoms with E-state index < -0.39 is 0 Å². The molecule has 0 aliphatic rings.